The molecule has 16 heavy (non-hydrogen) atoms. The van der Waals surface area contributed by atoms with Gasteiger partial charge < -0.3 is 11.1 Å². The summed E-state index contributed by atoms with van der Waals surface area (Å²) in [5, 5.41) is 3.48. The second-order valence-electron chi connectivity index (χ2n) is 4.86. The average molecular weight is 218 g/mol. The van der Waals surface area contributed by atoms with Crippen molar-refractivity contribution < 1.29 is 0 Å². The quantitative estimate of drug-likeness (QED) is 0.814. The van der Waals surface area contributed by atoms with Crippen LogP contribution in [0.2, 0.25) is 0 Å². The Hall–Kier alpha value is -0.860. The van der Waals surface area contributed by atoms with Crippen LogP contribution in [0.15, 0.2) is 24.3 Å². The van der Waals surface area contributed by atoms with Crippen LogP contribution in [-0.4, -0.2) is 19.6 Å². The standard InChI is InChI=1S/C14H22N2/c1-11-4-2-5-12(8-11)14(9-15)13-6-3-7-16-10-13/h2,4-5,8,13-14,16H,3,6-7,9-10,15H2,1H3. The molecule has 1 fully saturated rings. The minimum absolute atomic E-state index is 0.521. The van der Waals surface area contributed by atoms with Gasteiger partial charge >= 0.3 is 0 Å². The Morgan fingerprint density at radius 1 is 1.50 bits per heavy atom. The number of hydrogen-bond donors (Lipinski definition) is 2. The summed E-state index contributed by atoms with van der Waals surface area (Å²) in [7, 11) is 0. The predicted molar refractivity (Wildman–Crippen MR) is 68.6 cm³/mol. The normalized spacial score (nSPS) is 23.0. The van der Waals surface area contributed by atoms with E-state index in [0.29, 0.717) is 11.8 Å². The van der Waals surface area contributed by atoms with Gasteiger partial charge in [-0.25, -0.2) is 0 Å². The van der Waals surface area contributed by atoms with Gasteiger partial charge in [-0.05, 0) is 50.9 Å². The Bertz CT molecular complexity index is 329. The van der Waals surface area contributed by atoms with Gasteiger partial charge in [0.25, 0.3) is 0 Å². The first-order valence-corrected chi connectivity index (χ1v) is 6.28. The van der Waals surface area contributed by atoms with Gasteiger partial charge in [-0.3, -0.25) is 0 Å². The van der Waals surface area contributed by atoms with Crippen molar-refractivity contribution in [1.82, 2.24) is 5.32 Å². The van der Waals surface area contributed by atoms with Crippen molar-refractivity contribution in [3.63, 3.8) is 0 Å². The number of hydrogen-bond acceptors (Lipinski definition) is 2. The minimum Gasteiger partial charge on any atom is -0.330 e. The number of nitrogens with two attached hydrogens (primary N) is 1. The Morgan fingerprint density at radius 2 is 2.38 bits per heavy atom. The van der Waals surface area contributed by atoms with E-state index in [1.54, 1.807) is 0 Å². The summed E-state index contributed by atoms with van der Waals surface area (Å²) in [6.45, 7) is 5.20. The van der Waals surface area contributed by atoms with Crippen molar-refractivity contribution in [2.45, 2.75) is 25.7 Å². The molecule has 1 aliphatic heterocycles. The maximum absolute atomic E-state index is 5.96. The SMILES string of the molecule is Cc1cccc(C(CN)C2CCCNC2)c1. The molecule has 0 bridgehead atoms. The fraction of sp³-hybridized carbons (Fsp3) is 0.571. The third-order valence-corrected chi connectivity index (χ3v) is 3.63. The molecule has 1 aromatic rings. The molecule has 0 aromatic heterocycles. The zero-order valence-corrected chi connectivity index (χ0v) is 10.1. The first-order valence-electron chi connectivity index (χ1n) is 6.28. The van der Waals surface area contributed by atoms with Crippen LogP contribution < -0.4 is 11.1 Å². The Morgan fingerprint density at radius 3 is 3.00 bits per heavy atom. The molecule has 2 rings (SSSR count). The molecule has 0 spiro atoms. The highest BCUT2D eigenvalue weighted by molar-refractivity contribution is 5.26. The van der Waals surface area contributed by atoms with Crippen molar-refractivity contribution in [3.8, 4) is 0 Å². The first-order chi connectivity index (χ1) is 7.81. The summed E-state index contributed by atoms with van der Waals surface area (Å²) in [4.78, 5) is 0. The molecule has 2 heteroatoms. The zero-order valence-electron chi connectivity index (χ0n) is 10.1. The fourth-order valence-electron chi connectivity index (χ4n) is 2.72. The molecule has 1 aromatic carbocycles. The summed E-state index contributed by atoms with van der Waals surface area (Å²) in [6.07, 6.45) is 2.59. The molecule has 1 saturated heterocycles. The van der Waals surface area contributed by atoms with E-state index in [1.165, 1.54) is 30.5 Å². The van der Waals surface area contributed by atoms with Crippen LogP contribution >= 0.6 is 0 Å². The van der Waals surface area contributed by atoms with Crippen LogP contribution in [0.4, 0.5) is 0 Å². The van der Waals surface area contributed by atoms with Gasteiger partial charge in [0, 0.05) is 5.92 Å². The van der Waals surface area contributed by atoms with E-state index < -0.39 is 0 Å². The van der Waals surface area contributed by atoms with E-state index in [9.17, 15) is 0 Å². The van der Waals surface area contributed by atoms with Crippen LogP contribution in [0.3, 0.4) is 0 Å². The smallest absolute Gasteiger partial charge is 0.000166 e. The van der Waals surface area contributed by atoms with Gasteiger partial charge in [0.1, 0.15) is 0 Å². The number of benzene rings is 1. The highest BCUT2D eigenvalue weighted by atomic mass is 14.9. The molecular weight excluding hydrogens is 196 g/mol. The molecule has 0 radical (unpaired) electrons. The monoisotopic (exact) mass is 218 g/mol. The third kappa shape index (κ3) is 2.63. The van der Waals surface area contributed by atoms with Gasteiger partial charge in [-0.2, -0.15) is 0 Å². The molecule has 2 unspecified atom stereocenters. The maximum Gasteiger partial charge on any atom is 0.000166 e. The van der Waals surface area contributed by atoms with Gasteiger partial charge in [0.2, 0.25) is 0 Å². The van der Waals surface area contributed by atoms with E-state index in [4.69, 9.17) is 5.73 Å². The molecule has 0 amide bonds. The molecule has 2 atom stereocenters. The molecule has 1 heterocycles. The van der Waals surface area contributed by atoms with Crippen LogP contribution in [-0.2, 0) is 0 Å². The Labute approximate surface area is 98.2 Å². The third-order valence-electron chi connectivity index (χ3n) is 3.63. The lowest BCUT2D eigenvalue weighted by Crippen LogP contribution is -2.35. The molecule has 0 saturated carbocycles. The van der Waals surface area contributed by atoms with Crippen LogP contribution in [0, 0.1) is 12.8 Å². The summed E-state index contributed by atoms with van der Waals surface area (Å²) in [5.41, 5.74) is 8.70. The number of rotatable bonds is 3. The van der Waals surface area contributed by atoms with Crippen LogP contribution in [0.25, 0.3) is 0 Å². The van der Waals surface area contributed by atoms with E-state index in [0.717, 1.165) is 13.1 Å². The molecule has 88 valence electrons. The lowest BCUT2D eigenvalue weighted by Gasteiger charge is -2.30. The number of piperidine rings is 1. The van der Waals surface area contributed by atoms with Gasteiger partial charge in [-0.15, -0.1) is 0 Å². The maximum atomic E-state index is 5.96. The summed E-state index contributed by atoms with van der Waals surface area (Å²) >= 11 is 0. The zero-order chi connectivity index (χ0) is 11.4. The van der Waals surface area contributed by atoms with Crippen molar-refractivity contribution in [3.05, 3.63) is 35.4 Å². The van der Waals surface area contributed by atoms with E-state index in [2.05, 4.69) is 36.5 Å². The number of nitrogens with one attached hydrogen (secondary N) is 1. The molecule has 0 aliphatic carbocycles. The largest absolute Gasteiger partial charge is 0.330 e. The van der Waals surface area contributed by atoms with E-state index in [-0.39, 0.29) is 0 Å². The second kappa shape index (κ2) is 5.46. The first kappa shape index (κ1) is 11.6. The van der Waals surface area contributed by atoms with Crippen molar-refractivity contribution in [2.75, 3.05) is 19.6 Å². The van der Waals surface area contributed by atoms with Crippen molar-refractivity contribution in [2.24, 2.45) is 11.7 Å². The molecule has 2 nitrogen and oxygen atoms in total. The second-order valence-corrected chi connectivity index (χ2v) is 4.86. The van der Waals surface area contributed by atoms with Gasteiger partial charge in [0.15, 0.2) is 0 Å². The molecule has 3 N–H and O–H groups in total. The highest BCUT2D eigenvalue weighted by Gasteiger charge is 2.23. The van der Waals surface area contributed by atoms with Crippen LogP contribution in [0.1, 0.15) is 29.9 Å². The van der Waals surface area contributed by atoms with Gasteiger partial charge in [0.05, 0.1) is 0 Å². The van der Waals surface area contributed by atoms with Crippen molar-refractivity contribution >= 4 is 0 Å². The summed E-state index contributed by atoms with van der Waals surface area (Å²) < 4.78 is 0. The van der Waals surface area contributed by atoms with E-state index in [1.807, 2.05) is 0 Å². The lowest BCUT2D eigenvalue weighted by molar-refractivity contribution is 0.325. The minimum atomic E-state index is 0.521. The summed E-state index contributed by atoms with van der Waals surface area (Å²) in [5.74, 6) is 1.23. The Kier molecular flexibility index (Phi) is 3.97. The number of aryl methyl sites for hydroxylation is 1. The van der Waals surface area contributed by atoms with E-state index >= 15 is 0 Å². The molecule has 1 aliphatic rings. The predicted octanol–water partition coefficient (Wildman–Crippen LogP) is 2.04. The summed E-state index contributed by atoms with van der Waals surface area (Å²) in [6, 6.07) is 8.80. The average Bonchev–Trinajstić information content (AvgIpc) is 2.31. The molecular formula is C14H22N2. The Balaban J connectivity index is 2.14. The highest BCUT2D eigenvalue weighted by Crippen LogP contribution is 2.28. The van der Waals surface area contributed by atoms with Crippen molar-refractivity contribution in [1.29, 1.82) is 0 Å². The van der Waals surface area contributed by atoms with Crippen LogP contribution in [0.5, 0.6) is 0 Å². The topological polar surface area (TPSA) is 38.0 Å². The lowest BCUT2D eigenvalue weighted by atomic mass is 9.81. The van der Waals surface area contributed by atoms with Gasteiger partial charge in [-0.1, -0.05) is 29.8 Å². The fourth-order valence-corrected chi connectivity index (χ4v) is 2.72.